The van der Waals surface area contributed by atoms with Crippen LogP contribution >= 0.6 is 0 Å². The van der Waals surface area contributed by atoms with Gasteiger partial charge in [-0.05, 0) is 26.3 Å². The van der Waals surface area contributed by atoms with Crippen molar-refractivity contribution in [3.8, 4) is 0 Å². The third-order valence-electron chi connectivity index (χ3n) is 4.89. The standard InChI is InChI=1S/C16H22O7/c1-14-4-5-16(20,23-14)15(2,19)6-10(17)12-9(8-21-3)13(18)22-11(12)7-14/h7,10,17,19-20H,4-6,8H2,1-3H3/b11-7+/t10-,14+,15+,16-/m0/s1. The molecule has 3 aliphatic rings. The molecule has 2 bridgehead atoms. The maximum absolute atomic E-state index is 12.1. The number of hydrogen-bond donors (Lipinski definition) is 3. The molecular formula is C16H22O7. The first-order chi connectivity index (χ1) is 10.6. The fraction of sp³-hybridized carbons (Fsp3) is 0.688. The SMILES string of the molecule is COCC1=C2/C(=C\[C@@]3(C)CC[C@](O)(O3)[C@](C)(O)C[C@@H]2O)OC1=O. The second-order valence-corrected chi connectivity index (χ2v) is 6.92. The Labute approximate surface area is 134 Å². The first kappa shape index (κ1) is 16.6. The van der Waals surface area contributed by atoms with Gasteiger partial charge in [0.2, 0.25) is 0 Å². The molecule has 0 aliphatic carbocycles. The van der Waals surface area contributed by atoms with E-state index in [2.05, 4.69) is 0 Å². The van der Waals surface area contributed by atoms with Gasteiger partial charge in [-0.3, -0.25) is 0 Å². The summed E-state index contributed by atoms with van der Waals surface area (Å²) in [6.45, 7) is 3.15. The third-order valence-corrected chi connectivity index (χ3v) is 4.89. The molecule has 1 fully saturated rings. The van der Waals surface area contributed by atoms with E-state index < -0.39 is 29.1 Å². The molecule has 4 atom stereocenters. The van der Waals surface area contributed by atoms with Crippen molar-refractivity contribution >= 4 is 5.97 Å². The highest BCUT2D eigenvalue weighted by atomic mass is 16.7. The molecule has 128 valence electrons. The minimum absolute atomic E-state index is 0.00739. The van der Waals surface area contributed by atoms with E-state index >= 15 is 0 Å². The Kier molecular flexibility index (Phi) is 3.70. The van der Waals surface area contributed by atoms with Crippen molar-refractivity contribution in [3.05, 3.63) is 23.0 Å². The van der Waals surface area contributed by atoms with Crippen LogP contribution in [0.2, 0.25) is 0 Å². The Morgan fingerprint density at radius 1 is 1.35 bits per heavy atom. The first-order valence-corrected chi connectivity index (χ1v) is 7.61. The Morgan fingerprint density at radius 3 is 2.70 bits per heavy atom. The molecule has 0 amide bonds. The van der Waals surface area contributed by atoms with Gasteiger partial charge < -0.3 is 29.5 Å². The fourth-order valence-electron chi connectivity index (χ4n) is 3.53. The number of fused-ring (bicyclic) bond motifs is 3. The van der Waals surface area contributed by atoms with E-state index in [1.54, 1.807) is 13.0 Å². The number of rotatable bonds is 2. The van der Waals surface area contributed by atoms with Gasteiger partial charge in [-0.1, -0.05) is 0 Å². The maximum Gasteiger partial charge on any atom is 0.342 e. The van der Waals surface area contributed by atoms with Crippen molar-refractivity contribution in [1.82, 2.24) is 0 Å². The molecule has 0 saturated carbocycles. The van der Waals surface area contributed by atoms with Crippen LogP contribution in [0.3, 0.4) is 0 Å². The number of aliphatic hydroxyl groups is 3. The zero-order chi connectivity index (χ0) is 17.0. The largest absolute Gasteiger partial charge is 0.423 e. The van der Waals surface area contributed by atoms with Crippen molar-refractivity contribution in [2.24, 2.45) is 0 Å². The number of aliphatic hydroxyl groups excluding tert-OH is 1. The van der Waals surface area contributed by atoms with Crippen molar-refractivity contribution < 1.29 is 34.3 Å². The molecular weight excluding hydrogens is 304 g/mol. The normalized spacial score (nSPS) is 45.7. The summed E-state index contributed by atoms with van der Waals surface area (Å²) in [6, 6.07) is 0. The summed E-state index contributed by atoms with van der Waals surface area (Å²) in [7, 11) is 1.44. The van der Waals surface area contributed by atoms with E-state index in [1.807, 2.05) is 0 Å². The molecule has 0 aromatic rings. The Morgan fingerprint density at radius 2 is 2.04 bits per heavy atom. The summed E-state index contributed by atoms with van der Waals surface area (Å²) < 4.78 is 16.0. The topological polar surface area (TPSA) is 105 Å². The molecule has 1 saturated heterocycles. The summed E-state index contributed by atoms with van der Waals surface area (Å²) in [5, 5.41) is 32.0. The Bertz CT molecular complexity index is 606. The van der Waals surface area contributed by atoms with Gasteiger partial charge >= 0.3 is 5.97 Å². The summed E-state index contributed by atoms with van der Waals surface area (Å²) in [4.78, 5) is 12.1. The summed E-state index contributed by atoms with van der Waals surface area (Å²) in [5.41, 5.74) is -2.09. The predicted molar refractivity (Wildman–Crippen MR) is 78.0 cm³/mol. The number of carbonyl (C=O) groups excluding carboxylic acids is 1. The number of esters is 1. The number of carbonyl (C=O) groups is 1. The molecule has 3 rings (SSSR count). The van der Waals surface area contributed by atoms with Crippen LogP contribution in [0.5, 0.6) is 0 Å². The second kappa shape index (κ2) is 5.12. The smallest absolute Gasteiger partial charge is 0.342 e. The highest BCUT2D eigenvalue weighted by molar-refractivity contribution is 5.95. The average Bonchev–Trinajstić information content (AvgIpc) is 2.89. The molecule has 0 spiro atoms. The molecule has 0 radical (unpaired) electrons. The number of methoxy groups -OCH3 is 1. The van der Waals surface area contributed by atoms with Gasteiger partial charge in [0.15, 0.2) is 5.79 Å². The highest BCUT2D eigenvalue weighted by Crippen LogP contribution is 2.48. The lowest BCUT2D eigenvalue weighted by Gasteiger charge is -2.39. The van der Waals surface area contributed by atoms with E-state index in [0.717, 1.165) is 0 Å². The minimum atomic E-state index is -1.77. The quantitative estimate of drug-likeness (QED) is 0.620. The van der Waals surface area contributed by atoms with Crippen LogP contribution in [0.25, 0.3) is 0 Å². The molecule has 23 heavy (non-hydrogen) atoms. The molecule has 7 heteroatoms. The highest BCUT2D eigenvalue weighted by Gasteiger charge is 2.58. The van der Waals surface area contributed by atoms with E-state index in [1.165, 1.54) is 14.0 Å². The van der Waals surface area contributed by atoms with Gasteiger partial charge in [0.1, 0.15) is 11.4 Å². The van der Waals surface area contributed by atoms with Gasteiger partial charge in [0.05, 0.1) is 23.9 Å². The fourth-order valence-corrected chi connectivity index (χ4v) is 3.53. The summed E-state index contributed by atoms with van der Waals surface area (Å²) in [6.07, 6.45) is 0.861. The van der Waals surface area contributed by atoms with Crippen molar-refractivity contribution in [2.75, 3.05) is 13.7 Å². The van der Waals surface area contributed by atoms with Crippen LogP contribution in [0.1, 0.15) is 33.1 Å². The van der Waals surface area contributed by atoms with Crippen LogP contribution < -0.4 is 0 Å². The Balaban J connectivity index is 2.14. The zero-order valence-electron chi connectivity index (χ0n) is 13.5. The Hall–Kier alpha value is -1.25. The van der Waals surface area contributed by atoms with Gasteiger partial charge in [-0.15, -0.1) is 0 Å². The van der Waals surface area contributed by atoms with E-state index in [-0.39, 0.29) is 36.4 Å². The van der Waals surface area contributed by atoms with Gasteiger partial charge in [-0.2, -0.15) is 0 Å². The van der Waals surface area contributed by atoms with Gasteiger partial charge in [0.25, 0.3) is 0 Å². The first-order valence-electron chi connectivity index (χ1n) is 7.61. The van der Waals surface area contributed by atoms with E-state index in [0.29, 0.717) is 6.42 Å². The molecule has 3 heterocycles. The second-order valence-electron chi connectivity index (χ2n) is 6.92. The predicted octanol–water partition coefficient (Wildman–Crippen LogP) is 0.143. The monoisotopic (exact) mass is 326 g/mol. The van der Waals surface area contributed by atoms with E-state index in [4.69, 9.17) is 14.2 Å². The lowest BCUT2D eigenvalue weighted by molar-refractivity contribution is -0.297. The lowest BCUT2D eigenvalue weighted by Crippen LogP contribution is -2.54. The molecule has 7 nitrogen and oxygen atoms in total. The molecule has 0 unspecified atom stereocenters. The number of ether oxygens (including phenoxy) is 3. The summed E-state index contributed by atoms with van der Waals surface area (Å²) >= 11 is 0. The van der Waals surface area contributed by atoms with Crippen molar-refractivity contribution in [2.45, 2.75) is 56.2 Å². The van der Waals surface area contributed by atoms with Gasteiger partial charge in [-0.25, -0.2) is 4.79 Å². The van der Waals surface area contributed by atoms with Crippen molar-refractivity contribution in [1.29, 1.82) is 0 Å². The zero-order valence-corrected chi connectivity index (χ0v) is 13.5. The van der Waals surface area contributed by atoms with Gasteiger partial charge in [0, 0.05) is 25.5 Å². The van der Waals surface area contributed by atoms with Crippen molar-refractivity contribution in [3.63, 3.8) is 0 Å². The van der Waals surface area contributed by atoms with Crippen LogP contribution in [0.4, 0.5) is 0 Å². The lowest BCUT2D eigenvalue weighted by atomic mass is 9.82. The number of hydrogen-bond acceptors (Lipinski definition) is 7. The van der Waals surface area contributed by atoms with Crippen LogP contribution in [0.15, 0.2) is 23.0 Å². The van der Waals surface area contributed by atoms with E-state index in [9.17, 15) is 20.1 Å². The third kappa shape index (κ3) is 2.53. The molecule has 0 aromatic heterocycles. The maximum atomic E-state index is 12.1. The summed E-state index contributed by atoms with van der Waals surface area (Å²) in [5.74, 6) is -2.15. The molecule has 0 aromatic carbocycles. The minimum Gasteiger partial charge on any atom is -0.423 e. The van der Waals surface area contributed by atoms with Crippen LogP contribution in [0, 0.1) is 0 Å². The van der Waals surface area contributed by atoms with Crippen LogP contribution in [-0.4, -0.2) is 58.1 Å². The molecule has 3 aliphatic heterocycles. The average molecular weight is 326 g/mol. The van der Waals surface area contributed by atoms with Crippen LogP contribution in [-0.2, 0) is 19.0 Å². The molecule has 3 N–H and O–H groups in total.